The second kappa shape index (κ2) is 8.80. The molecule has 3 aliphatic heterocycles. The fraction of sp³-hybridized carbons (Fsp3) is 0.286. The van der Waals surface area contributed by atoms with Gasteiger partial charge in [0.15, 0.2) is 5.78 Å². The molecule has 0 aliphatic carbocycles. The van der Waals surface area contributed by atoms with Crippen LogP contribution in [0.1, 0.15) is 18.5 Å². The van der Waals surface area contributed by atoms with Gasteiger partial charge in [0, 0.05) is 23.5 Å². The fourth-order valence-corrected chi connectivity index (χ4v) is 5.99. The summed E-state index contributed by atoms with van der Waals surface area (Å²) in [4.78, 5) is 54.8. The van der Waals surface area contributed by atoms with Gasteiger partial charge in [0.1, 0.15) is 33.8 Å². The molecule has 3 heterocycles. The van der Waals surface area contributed by atoms with Gasteiger partial charge in [0.2, 0.25) is 11.8 Å². The number of fused-ring (bicyclic) bond motifs is 1. The maximum absolute atomic E-state index is 13.2. The highest BCUT2D eigenvalue weighted by Gasteiger charge is 2.46. The van der Waals surface area contributed by atoms with E-state index in [1.54, 1.807) is 24.3 Å². The summed E-state index contributed by atoms with van der Waals surface area (Å²) in [5.74, 6) is -0.323. The SMILES string of the molecule is CC[S+]1CC(C(=O)N[C@@H](C(=O)NC2CNC2=O)c2ccccc2)=C2C(=O)C=C(Br)N=C21. The maximum atomic E-state index is 13.2. The molecule has 3 N–H and O–H groups in total. The lowest BCUT2D eigenvalue weighted by Crippen LogP contribution is -2.63. The van der Waals surface area contributed by atoms with Gasteiger partial charge in [-0.1, -0.05) is 30.3 Å². The van der Waals surface area contributed by atoms with Gasteiger partial charge in [-0.05, 0) is 28.4 Å². The quantitative estimate of drug-likeness (QED) is 0.299. The van der Waals surface area contributed by atoms with Crippen LogP contribution in [0.2, 0.25) is 0 Å². The van der Waals surface area contributed by atoms with Crippen molar-refractivity contribution < 1.29 is 19.2 Å². The zero-order chi connectivity index (χ0) is 22.1. The van der Waals surface area contributed by atoms with Crippen molar-refractivity contribution >= 4 is 55.4 Å². The van der Waals surface area contributed by atoms with Gasteiger partial charge in [0.05, 0.1) is 5.57 Å². The third-order valence-corrected chi connectivity index (χ3v) is 7.80. The molecule has 3 amide bonds. The number of hydrogen-bond acceptors (Lipinski definition) is 5. The number of benzene rings is 1. The largest absolute Gasteiger partial charge is 0.352 e. The summed E-state index contributed by atoms with van der Waals surface area (Å²) in [6.45, 7) is 2.34. The van der Waals surface area contributed by atoms with Gasteiger partial charge in [-0.25, -0.2) is 0 Å². The Bertz CT molecular complexity index is 1070. The van der Waals surface area contributed by atoms with Crippen molar-refractivity contribution in [2.45, 2.75) is 19.0 Å². The molecule has 0 saturated carbocycles. The normalized spacial score (nSPS) is 23.2. The fourth-order valence-electron chi connectivity index (χ4n) is 3.51. The molecular formula is C21H20BrN4O4S+. The predicted octanol–water partition coefficient (Wildman–Crippen LogP) is 0.624. The topological polar surface area (TPSA) is 117 Å². The summed E-state index contributed by atoms with van der Waals surface area (Å²) < 4.78 is 0.448. The van der Waals surface area contributed by atoms with Crippen molar-refractivity contribution in [1.82, 2.24) is 16.0 Å². The number of carbonyl (C=O) groups is 4. The summed E-state index contributed by atoms with van der Waals surface area (Å²) in [6, 6.07) is 7.18. The van der Waals surface area contributed by atoms with Gasteiger partial charge in [-0.2, -0.15) is 4.99 Å². The number of aliphatic imine (C=N–C) groups is 1. The van der Waals surface area contributed by atoms with Crippen LogP contribution in [0.3, 0.4) is 0 Å². The molecule has 2 unspecified atom stereocenters. The molecule has 1 saturated heterocycles. The highest BCUT2D eigenvalue weighted by atomic mass is 79.9. The van der Waals surface area contributed by atoms with E-state index in [4.69, 9.17) is 0 Å². The van der Waals surface area contributed by atoms with Gasteiger partial charge in [-0.15, -0.1) is 0 Å². The Morgan fingerprint density at radius 2 is 2.03 bits per heavy atom. The van der Waals surface area contributed by atoms with Gasteiger partial charge < -0.3 is 16.0 Å². The Labute approximate surface area is 190 Å². The second-order valence-corrected chi connectivity index (χ2v) is 10.2. The van der Waals surface area contributed by atoms with E-state index in [0.717, 1.165) is 5.75 Å². The number of halogens is 1. The number of allylic oxidation sites excluding steroid dienone is 1. The average molecular weight is 504 g/mol. The van der Waals surface area contributed by atoms with Crippen LogP contribution < -0.4 is 16.0 Å². The third-order valence-electron chi connectivity index (χ3n) is 5.22. The van der Waals surface area contributed by atoms with E-state index in [1.165, 1.54) is 6.08 Å². The van der Waals surface area contributed by atoms with E-state index >= 15 is 0 Å². The van der Waals surface area contributed by atoms with Crippen LogP contribution in [0, 0.1) is 0 Å². The van der Waals surface area contributed by atoms with E-state index in [0.29, 0.717) is 38.7 Å². The molecule has 0 spiro atoms. The van der Waals surface area contributed by atoms with Crippen molar-refractivity contribution in [2.75, 3.05) is 18.1 Å². The molecule has 0 bridgehead atoms. The molecule has 1 fully saturated rings. The van der Waals surface area contributed by atoms with E-state index < -0.39 is 23.9 Å². The standard InChI is InChI=1S/C21H19BrN4O4S/c1-2-31-10-12(16-14(27)8-15(22)25-21(16)31)18(28)26-17(11-6-4-3-5-7-11)20(30)24-13-9-23-19(13)29/h3-8,13,17H,2,9-10H2,1H3,(H2-,23,24,26,28,29,30)/p+1/t13?,17-,31?/m1/s1. The lowest BCUT2D eigenvalue weighted by molar-refractivity contribution is -0.134. The minimum absolute atomic E-state index is 0.259. The molecule has 0 aromatic heterocycles. The number of hydrogen-bond donors (Lipinski definition) is 3. The minimum atomic E-state index is -0.999. The van der Waals surface area contributed by atoms with Crippen LogP contribution in [-0.2, 0) is 30.1 Å². The van der Waals surface area contributed by atoms with Crippen molar-refractivity contribution in [3.8, 4) is 0 Å². The van der Waals surface area contributed by atoms with Crippen molar-refractivity contribution in [2.24, 2.45) is 4.99 Å². The Balaban J connectivity index is 1.62. The number of amides is 3. The van der Waals surface area contributed by atoms with E-state index in [1.807, 2.05) is 13.0 Å². The molecular weight excluding hydrogens is 484 g/mol. The molecule has 0 radical (unpaired) electrons. The Morgan fingerprint density at radius 3 is 2.65 bits per heavy atom. The molecule has 1 aromatic rings. The Kier molecular flexibility index (Phi) is 6.10. The molecule has 31 heavy (non-hydrogen) atoms. The number of rotatable bonds is 6. The Hall–Kier alpha value is -2.72. The van der Waals surface area contributed by atoms with Crippen LogP contribution in [0.5, 0.6) is 0 Å². The molecule has 160 valence electrons. The van der Waals surface area contributed by atoms with Crippen molar-refractivity contribution in [3.05, 3.63) is 57.7 Å². The van der Waals surface area contributed by atoms with Crippen molar-refractivity contribution in [3.63, 3.8) is 0 Å². The maximum Gasteiger partial charge on any atom is 0.260 e. The van der Waals surface area contributed by atoms with Crippen LogP contribution in [0.15, 0.2) is 57.2 Å². The van der Waals surface area contributed by atoms with Crippen LogP contribution in [0.4, 0.5) is 0 Å². The number of carbonyl (C=O) groups excluding carboxylic acids is 4. The summed E-state index contributed by atoms with van der Waals surface area (Å²) in [5.41, 5.74) is 1.26. The number of ketones is 1. The number of nitrogens with zero attached hydrogens (tertiary/aromatic N) is 1. The van der Waals surface area contributed by atoms with Crippen LogP contribution >= 0.6 is 15.9 Å². The first-order valence-electron chi connectivity index (χ1n) is 9.74. The third kappa shape index (κ3) is 4.22. The molecule has 4 rings (SSSR count). The first-order chi connectivity index (χ1) is 14.9. The molecule has 3 aliphatic rings. The number of nitrogens with one attached hydrogen (secondary N) is 3. The summed E-state index contributed by atoms with van der Waals surface area (Å²) in [7, 11) is -0.349. The smallest absolute Gasteiger partial charge is 0.260 e. The zero-order valence-corrected chi connectivity index (χ0v) is 19.0. The monoisotopic (exact) mass is 503 g/mol. The molecule has 1 aromatic carbocycles. The summed E-state index contributed by atoms with van der Waals surface area (Å²) in [5, 5.41) is 8.65. The Morgan fingerprint density at radius 1 is 1.29 bits per heavy atom. The summed E-state index contributed by atoms with van der Waals surface area (Å²) >= 11 is 3.26. The van der Waals surface area contributed by atoms with Gasteiger partial charge >= 0.3 is 0 Å². The van der Waals surface area contributed by atoms with Gasteiger partial charge in [-0.3, -0.25) is 19.2 Å². The van der Waals surface area contributed by atoms with Crippen LogP contribution in [0.25, 0.3) is 0 Å². The first-order valence-corrected chi connectivity index (χ1v) is 12.1. The lowest BCUT2D eigenvalue weighted by Gasteiger charge is -2.29. The van der Waals surface area contributed by atoms with E-state index in [2.05, 4.69) is 36.9 Å². The predicted molar refractivity (Wildman–Crippen MR) is 122 cm³/mol. The van der Waals surface area contributed by atoms with Crippen LogP contribution in [-0.4, -0.2) is 52.6 Å². The molecule has 10 heteroatoms. The van der Waals surface area contributed by atoms with E-state index in [9.17, 15) is 19.2 Å². The molecule has 8 nitrogen and oxygen atoms in total. The van der Waals surface area contributed by atoms with Gasteiger partial charge in [0.25, 0.3) is 11.0 Å². The average Bonchev–Trinajstić information content (AvgIpc) is 3.14. The summed E-state index contributed by atoms with van der Waals surface area (Å²) in [6.07, 6.45) is 1.35. The zero-order valence-electron chi connectivity index (χ0n) is 16.6. The highest BCUT2D eigenvalue weighted by molar-refractivity contribution is 9.11. The highest BCUT2D eigenvalue weighted by Crippen LogP contribution is 2.32. The first kappa shape index (κ1) is 21.5. The van der Waals surface area contributed by atoms with Crippen molar-refractivity contribution in [1.29, 1.82) is 0 Å². The lowest BCUT2D eigenvalue weighted by atomic mass is 10.0. The molecule has 3 atom stereocenters. The number of β-lactam (4-membered cyclic amide) rings is 1. The van der Waals surface area contributed by atoms with E-state index in [-0.39, 0.29) is 22.6 Å². The minimum Gasteiger partial charge on any atom is -0.352 e. The second-order valence-electron chi connectivity index (χ2n) is 7.15.